The molecule has 0 atom stereocenters. The fraction of sp³-hybridized carbons (Fsp3) is 0.0588. The molecule has 0 saturated heterocycles. The summed E-state index contributed by atoms with van der Waals surface area (Å²) in [7, 11) is 0. The molecule has 0 unspecified atom stereocenters. The summed E-state index contributed by atoms with van der Waals surface area (Å²) in [6.45, 7) is 1.97. The molecule has 1 aromatic heterocycles. The average molecular weight is 263 g/mol. The number of aromatic nitrogens is 1. The minimum absolute atomic E-state index is 0.0899. The fourth-order valence-corrected chi connectivity index (χ4v) is 2.19. The topological polar surface area (TPSA) is 43.2 Å². The second kappa shape index (κ2) is 5.13. The normalized spacial score (nSPS) is 10.4. The number of hydrogen-bond acceptors (Lipinski definition) is 1. The van der Waals surface area contributed by atoms with Crippen LogP contribution in [0, 0.1) is 6.92 Å². The van der Waals surface area contributed by atoms with E-state index in [0.717, 1.165) is 22.2 Å². The van der Waals surface area contributed by atoms with Crippen molar-refractivity contribution in [3.63, 3.8) is 0 Å². The van der Waals surface area contributed by atoms with Gasteiger partial charge in [0.25, 0.3) is 5.91 Å². The first-order valence-corrected chi connectivity index (χ1v) is 6.51. The first kappa shape index (κ1) is 12.4. The van der Waals surface area contributed by atoms with Gasteiger partial charge in [0, 0.05) is 28.8 Å². The van der Waals surface area contributed by atoms with E-state index in [4.69, 9.17) is 0 Å². The lowest BCUT2D eigenvalue weighted by molar-refractivity contribution is -0.344. The molecular weight excluding hydrogens is 248 g/mol. The molecule has 2 N–H and O–H groups in total. The molecule has 0 aliphatic rings. The van der Waals surface area contributed by atoms with Crippen LogP contribution in [0.25, 0.3) is 10.9 Å². The van der Waals surface area contributed by atoms with Gasteiger partial charge in [-0.15, -0.1) is 0 Å². The Morgan fingerprint density at radius 3 is 2.80 bits per heavy atom. The van der Waals surface area contributed by atoms with Crippen molar-refractivity contribution in [2.45, 2.75) is 6.92 Å². The van der Waals surface area contributed by atoms with Crippen molar-refractivity contribution in [2.24, 2.45) is 0 Å². The SMILES string of the molecule is Cc1cccc(C(=O)Nc2ccc3[nH+]cccc3c2)c1. The lowest BCUT2D eigenvalue weighted by Crippen LogP contribution is -2.12. The number of fused-ring (bicyclic) bond motifs is 1. The highest BCUT2D eigenvalue weighted by molar-refractivity contribution is 6.05. The third-order valence-corrected chi connectivity index (χ3v) is 3.20. The summed E-state index contributed by atoms with van der Waals surface area (Å²) >= 11 is 0. The summed E-state index contributed by atoms with van der Waals surface area (Å²) in [6.07, 6.45) is 1.88. The summed E-state index contributed by atoms with van der Waals surface area (Å²) in [4.78, 5) is 15.3. The first-order chi connectivity index (χ1) is 9.72. The van der Waals surface area contributed by atoms with Crippen LogP contribution in [0.3, 0.4) is 0 Å². The Morgan fingerprint density at radius 2 is 1.95 bits per heavy atom. The number of aromatic amines is 1. The van der Waals surface area contributed by atoms with Crippen LogP contribution in [0.4, 0.5) is 5.69 Å². The van der Waals surface area contributed by atoms with E-state index >= 15 is 0 Å². The maximum Gasteiger partial charge on any atom is 0.255 e. The minimum Gasteiger partial charge on any atom is -0.322 e. The van der Waals surface area contributed by atoms with Gasteiger partial charge in [-0.2, -0.15) is 0 Å². The number of hydrogen-bond donors (Lipinski definition) is 1. The van der Waals surface area contributed by atoms with E-state index in [9.17, 15) is 4.79 Å². The van der Waals surface area contributed by atoms with Gasteiger partial charge in [0.15, 0.2) is 6.20 Å². The summed E-state index contributed by atoms with van der Waals surface area (Å²) in [5.41, 5.74) is 3.58. The standard InChI is InChI=1S/C17H14N2O/c1-12-4-2-5-14(10-12)17(20)19-15-7-8-16-13(11-15)6-3-9-18-16/h2-11H,1H3,(H,19,20)/p+1. The van der Waals surface area contributed by atoms with Gasteiger partial charge in [-0.3, -0.25) is 4.79 Å². The van der Waals surface area contributed by atoms with Crippen molar-refractivity contribution < 1.29 is 9.78 Å². The molecule has 3 aromatic rings. The molecule has 98 valence electrons. The lowest BCUT2D eigenvalue weighted by Gasteiger charge is -2.06. The van der Waals surface area contributed by atoms with Crippen molar-refractivity contribution in [1.29, 1.82) is 0 Å². The van der Waals surface area contributed by atoms with E-state index < -0.39 is 0 Å². The largest absolute Gasteiger partial charge is 0.322 e. The van der Waals surface area contributed by atoms with Gasteiger partial charge in [-0.1, -0.05) is 17.7 Å². The van der Waals surface area contributed by atoms with E-state index in [1.807, 2.05) is 67.7 Å². The number of rotatable bonds is 2. The van der Waals surface area contributed by atoms with Crippen LogP contribution >= 0.6 is 0 Å². The number of amides is 1. The molecule has 3 heteroatoms. The summed E-state index contributed by atoms with van der Waals surface area (Å²) in [5.74, 6) is -0.0899. The van der Waals surface area contributed by atoms with E-state index in [0.29, 0.717) is 5.56 Å². The molecule has 3 nitrogen and oxygen atoms in total. The predicted octanol–water partition coefficient (Wildman–Crippen LogP) is 3.21. The van der Waals surface area contributed by atoms with Gasteiger partial charge in [0.05, 0.1) is 0 Å². The number of carbonyl (C=O) groups excluding carboxylic acids is 1. The van der Waals surface area contributed by atoms with Gasteiger partial charge in [-0.05, 0) is 37.3 Å². The Balaban J connectivity index is 1.87. The summed E-state index contributed by atoms with van der Waals surface area (Å²) < 4.78 is 0. The van der Waals surface area contributed by atoms with Crippen molar-refractivity contribution in [3.8, 4) is 0 Å². The summed E-state index contributed by atoms with van der Waals surface area (Å²) in [5, 5.41) is 3.99. The predicted molar refractivity (Wildman–Crippen MR) is 79.6 cm³/mol. The van der Waals surface area contributed by atoms with Crippen LogP contribution in [0.5, 0.6) is 0 Å². The van der Waals surface area contributed by atoms with Gasteiger partial charge < -0.3 is 5.32 Å². The number of nitrogens with one attached hydrogen (secondary N) is 2. The number of benzene rings is 2. The molecule has 0 saturated carbocycles. The van der Waals surface area contributed by atoms with E-state index in [-0.39, 0.29) is 5.91 Å². The molecule has 0 bridgehead atoms. The molecule has 1 amide bonds. The first-order valence-electron chi connectivity index (χ1n) is 6.51. The Labute approximate surface area is 117 Å². The second-order valence-electron chi connectivity index (χ2n) is 4.80. The van der Waals surface area contributed by atoms with Crippen LogP contribution in [0.1, 0.15) is 15.9 Å². The van der Waals surface area contributed by atoms with Gasteiger partial charge in [0.2, 0.25) is 5.52 Å². The molecule has 0 spiro atoms. The smallest absolute Gasteiger partial charge is 0.255 e. The number of pyridine rings is 1. The van der Waals surface area contributed by atoms with E-state index in [2.05, 4.69) is 10.3 Å². The molecule has 20 heavy (non-hydrogen) atoms. The minimum atomic E-state index is -0.0899. The molecule has 0 fully saturated rings. The molecule has 2 aromatic carbocycles. The molecule has 3 rings (SSSR count). The number of carbonyl (C=O) groups is 1. The zero-order chi connectivity index (χ0) is 13.9. The fourth-order valence-electron chi connectivity index (χ4n) is 2.19. The van der Waals surface area contributed by atoms with Gasteiger partial charge >= 0.3 is 0 Å². The molecule has 1 heterocycles. The Bertz CT molecular complexity index is 781. The molecule has 0 aliphatic heterocycles. The maximum atomic E-state index is 12.2. The Morgan fingerprint density at radius 1 is 1.05 bits per heavy atom. The average Bonchev–Trinajstić information content (AvgIpc) is 2.47. The van der Waals surface area contributed by atoms with Gasteiger partial charge in [0.1, 0.15) is 0 Å². The number of H-pyrrole nitrogens is 1. The van der Waals surface area contributed by atoms with Crippen molar-refractivity contribution in [3.05, 3.63) is 71.9 Å². The van der Waals surface area contributed by atoms with Crippen LogP contribution in [-0.2, 0) is 0 Å². The number of aryl methyl sites for hydroxylation is 1. The van der Waals surface area contributed by atoms with E-state index in [1.54, 1.807) is 0 Å². The zero-order valence-corrected chi connectivity index (χ0v) is 11.2. The molecular formula is C17H15N2O+. The van der Waals surface area contributed by atoms with E-state index in [1.165, 1.54) is 0 Å². The van der Waals surface area contributed by atoms with Crippen molar-refractivity contribution >= 4 is 22.5 Å². The third kappa shape index (κ3) is 2.52. The summed E-state index contributed by atoms with van der Waals surface area (Å²) in [6, 6.07) is 17.3. The highest BCUT2D eigenvalue weighted by Gasteiger charge is 2.07. The highest BCUT2D eigenvalue weighted by Crippen LogP contribution is 2.16. The lowest BCUT2D eigenvalue weighted by atomic mass is 10.1. The molecule has 0 aliphatic carbocycles. The maximum absolute atomic E-state index is 12.2. The van der Waals surface area contributed by atoms with Crippen molar-refractivity contribution in [1.82, 2.24) is 0 Å². The molecule has 0 radical (unpaired) electrons. The Kier molecular flexibility index (Phi) is 3.17. The van der Waals surface area contributed by atoms with Gasteiger partial charge in [-0.25, -0.2) is 4.98 Å². The number of anilines is 1. The second-order valence-corrected chi connectivity index (χ2v) is 4.80. The van der Waals surface area contributed by atoms with Crippen LogP contribution in [0.15, 0.2) is 60.8 Å². The van der Waals surface area contributed by atoms with Crippen molar-refractivity contribution in [2.75, 3.05) is 5.32 Å². The quantitative estimate of drug-likeness (QED) is 0.758. The third-order valence-electron chi connectivity index (χ3n) is 3.20. The van der Waals surface area contributed by atoms with Crippen LogP contribution in [-0.4, -0.2) is 5.91 Å². The van der Waals surface area contributed by atoms with Crippen LogP contribution in [0.2, 0.25) is 0 Å². The highest BCUT2D eigenvalue weighted by atomic mass is 16.1. The monoisotopic (exact) mass is 263 g/mol. The Hall–Kier alpha value is -2.68. The zero-order valence-electron chi connectivity index (χ0n) is 11.2. The van der Waals surface area contributed by atoms with Crippen LogP contribution < -0.4 is 10.3 Å².